The maximum absolute atomic E-state index is 12.4. The van der Waals surface area contributed by atoms with E-state index in [1.54, 1.807) is 0 Å². The lowest BCUT2D eigenvalue weighted by molar-refractivity contribution is -0.138. The number of carboxylic acids is 1. The summed E-state index contributed by atoms with van der Waals surface area (Å²) in [5.74, 6) is -0.493. The molecule has 0 aromatic heterocycles. The number of hydrogen-bond donors (Lipinski definition) is 1. The van der Waals surface area contributed by atoms with E-state index in [9.17, 15) is 9.59 Å². The van der Waals surface area contributed by atoms with E-state index in [0.717, 1.165) is 58.9 Å². The minimum absolute atomic E-state index is 0.0937. The van der Waals surface area contributed by atoms with Gasteiger partial charge in [0.15, 0.2) is 5.78 Å². The van der Waals surface area contributed by atoms with Gasteiger partial charge in [0, 0.05) is 57.8 Å². The molecule has 0 aliphatic carbocycles. The first-order valence-electron chi connectivity index (χ1n) is 9.72. The predicted molar refractivity (Wildman–Crippen MR) is 105 cm³/mol. The normalized spacial score (nSPS) is 19.2. The molecule has 0 aromatic carbocycles. The molecule has 0 saturated carbocycles. The van der Waals surface area contributed by atoms with E-state index in [-0.39, 0.29) is 17.7 Å². The standard InChI is InChI=1S/C19H38N4O3/c1-6-21(16-18(25)26)11-12-22-9-7-20(5)8-10-23(14-13-22)15-17(24)19(2,3)4/h6-16H2,1-5H3,(H,25,26). The molecule has 1 aliphatic rings. The molecule has 1 saturated heterocycles. The molecular formula is C19H38N4O3. The highest BCUT2D eigenvalue weighted by atomic mass is 16.4. The minimum atomic E-state index is -0.775. The molecule has 0 radical (unpaired) electrons. The lowest BCUT2D eigenvalue weighted by Crippen LogP contribution is -2.43. The second-order valence-corrected chi connectivity index (χ2v) is 8.36. The Balaban J connectivity index is 2.60. The Morgan fingerprint density at radius 3 is 2.08 bits per heavy atom. The van der Waals surface area contributed by atoms with Crippen molar-refractivity contribution in [2.75, 3.05) is 79.0 Å². The summed E-state index contributed by atoms with van der Waals surface area (Å²) in [4.78, 5) is 32.3. The zero-order chi connectivity index (χ0) is 19.7. The number of ketones is 1. The van der Waals surface area contributed by atoms with Gasteiger partial charge in [0.05, 0.1) is 13.1 Å². The van der Waals surface area contributed by atoms with Crippen molar-refractivity contribution in [2.24, 2.45) is 5.41 Å². The van der Waals surface area contributed by atoms with Crippen molar-refractivity contribution >= 4 is 11.8 Å². The van der Waals surface area contributed by atoms with E-state index in [2.05, 4.69) is 21.7 Å². The quantitative estimate of drug-likeness (QED) is 0.669. The number of nitrogens with zero attached hydrogens (tertiary/aromatic N) is 4. The highest BCUT2D eigenvalue weighted by Crippen LogP contribution is 2.15. The zero-order valence-electron chi connectivity index (χ0n) is 17.3. The molecule has 152 valence electrons. The Bertz CT molecular complexity index is 451. The Morgan fingerprint density at radius 1 is 1.00 bits per heavy atom. The van der Waals surface area contributed by atoms with Gasteiger partial charge in [0.2, 0.25) is 0 Å². The summed E-state index contributed by atoms with van der Waals surface area (Å²) >= 11 is 0. The van der Waals surface area contributed by atoms with Crippen LogP contribution in [0.4, 0.5) is 0 Å². The molecule has 1 rings (SSSR count). The van der Waals surface area contributed by atoms with Crippen LogP contribution < -0.4 is 0 Å². The van der Waals surface area contributed by atoms with Crippen molar-refractivity contribution in [1.29, 1.82) is 0 Å². The van der Waals surface area contributed by atoms with Gasteiger partial charge in [-0.15, -0.1) is 0 Å². The average Bonchev–Trinajstić information content (AvgIpc) is 2.63. The molecule has 7 heteroatoms. The molecule has 0 spiro atoms. The van der Waals surface area contributed by atoms with Gasteiger partial charge < -0.3 is 10.0 Å². The van der Waals surface area contributed by atoms with Crippen LogP contribution in [0, 0.1) is 5.41 Å². The lowest BCUT2D eigenvalue weighted by Gasteiger charge is -2.29. The first kappa shape index (κ1) is 23.0. The van der Waals surface area contributed by atoms with E-state index in [4.69, 9.17) is 5.11 Å². The molecule has 7 nitrogen and oxygen atoms in total. The van der Waals surface area contributed by atoms with Gasteiger partial charge in [-0.2, -0.15) is 0 Å². The van der Waals surface area contributed by atoms with Gasteiger partial charge >= 0.3 is 5.97 Å². The number of rotatable bonds is 8. The molecule has 1 fully saturated rings. The van der Waals surface area contributed by atoms with Crippen LogP contribution in [-0.4, -0.2) is 115 Å². The third-order valence-electron chi connectivity index (χ3n) is 5.07. The van der Waals surface area contributed by atoms with Crippen LogP contribution in [0.25, 0.3) is 0 Å². The summed E-state index contributed by atoms with van der Waals surface area (Å²) in [6.45, 7) is 16.5. The maximum atomic E-state index is 12.4. The molecule has 0 aromatic rings. The third kappa shape index (κ3) is 9.07. The Kier molecular flexibility index (Phi) is 9.71. The van der Waals surface area contributed by atoms with Crippen molar-refractivity contribution in [3.8, 4) is 0 Å². The summed E-state index contributed by atoms with van der Waals surface area (Å²) in [6.07, 6.45) is 0. The number of carboxylic acid groups (broad SMARTS) is 1. The van der Waals surface area contributed by atoms with Crippen LogP contribution in [0.3, 0.4) is 0 Å². The smallest absolute Gasteiger partial charge is 0.317 e. The summed E-state index contributed by atoms with van der Waals surface area (Å²) in [5.41, 5.74) is -0.303. The summed E-state index contributed by atoms with van der Waals surface area (Å²) in [7, 11) is 2.12. The number of hydrogen-bond acceptors (Lipinski definition) is 6. The van der Waals surface area contributed by atoms with Crippen molar-refractivity contribution in [2.45, 2.75) is 27.7 Å². The second kappa shape index (κ2) is 11.0. The van der Waals surface area contributed by atoms with Crippen LogP contribution in [0.2, 0.25) is 0 Å². The van der Waals surface area contributed by atoms with E-state index < -0.39 is 5.97 Å². The van der Waals surface area contributed by atoms with Crippen molar-refractivity contribution in [3.05, 3.63) is 0 Å². The molecule has 1 N–H and O–H groups in total. The highest BCUT2D eigenvalue weighted by Gasteiger charge is 2.24. The predicted octanol–water partition coefficient (Wildman–Crippen LogP) is 0.558. The van der Waals surface area contributed by atoms with Crippen molar-refractivity contribution in [1.82, 2.24) is 19.6 Å². The topological polar surface area (TPSA) is 67.3 Å². The highest BCUT2D eigenvalue weighted by molar-refractivity contribution is 5.85. The van der Waals surface area contributed by atoms with Crippen molar-refractivity contribution in [3.63, 3.8) is 0 Å². The first-order valence-corrected chi connectivity index (χ1v) is 9.72. The van der Waals surface area contributed by atoms with E-state index in [1.165, 1.54) is 0 Å². The SMILES string of the molecule is CCN(CCN1CCN(C)CCN(CC(=O)C(C)(C)C)CC1)CC(=O)O. The Hall–Kier alpha value is -1.02. The van der Waals surface area contributed by atoms with Crippen molar-refractivity contribution < 1.29 is 14.7 Å². The molecule has 1 aliphatic heterocycles. The number of likely N-dealkylation sites (N-methyl/N-ethyl adjacent to an activating group) is 2. The summed E-state index contributed by atoms with van der Waals surface area (Å²) in [5, 5.41) is 8.99. The van der Waals surface area contributed by atoms with Gasteiger partial charge in [0.1, 0.15) is 0 Å². The Morgan fingerprint density at radius 2 is 1.54 bits per heavy atom. The largest absolute Gasteiger partial charge is 0.480 e. The summed E-state index contributed by atoms with van der Waals surface area (Å²) in [6, 6.07) is 0. The molecule has 0 bridgehead atoms. The van der Waals surface area contributed by atoms with Gasteiger partial charge in [-0.05, 0) is 13.6 Å². The summed E-state index contributed by atoms with van der Waals surface area (Å²) < 4.78 is 0. The minimum Gasteiger partial charge on any atom is -0.480 e. The van der Waals surface area contributed by atoms with Crippen LogP contribution in [0.1, 0.15) is 27.7 Å². The van der Waals surface area contributed by atoms with Crippen LogP contribution in [0.15, 0.2) is 0 Å². The van der Waals surface area contributed by atoms with E-state index in [1.807, 2.05) is 32.6 Å². The maximum Gasteiger partial charge on any atom is 0.317 e. The average molecular weight is 371 g/mol. The molecule has 0 unspecified atom stereocenters. The number of Topliss-reactive ketones (excluding diaryl/α,β-unsaturated/α-hetero) is 1. The van der Waals surface area contributed by atoms with Gasteiger partial charge in [-0.3, -0.25) is 24.3 Å². The monoisotopic (exact) mass is 370 g/mol. The first-order chi connectivity index (χ1) is 12.1. The lowest BCUT2D eigenvalue weighted by atomic mass is 9.90. The van der Waals surface area contributed by atoms with E-state index >= 15 is 0 Å². The Labute approximate surface area is 158 Å². The number of aliphatic carboxylic acids is 1. The fraction of sp³-hybridized carbons (Fsp3) is 0.895. The molecule has 26 heavy (non-hydrogen) atoms. The molecule has 0 atom stereocenters. The molecular weight excluding hydrogens is 332 g/mol. The zero-order valence-corrected chi connectivity index (χ0v) is 17.3. The third-order valence-corrected chi connectivity index (χ3v) is 5.07. The fourth-order valence-corrected chi connectivity index (χ4v) is 2.89. The van der Waals surface area contributed by atoms with Gasteiger partial charge in [0.25, 0.3) is 0 Å². The van der Waals surface area contributed by atoms with Gasteiger partial charge in [-0.1, -0.05) is 27.7 Å². The number of carbonyl (C=O) groups is 2. The molecule has 0 amide bonds. The van der Waals surface area contributed by atoms with Crippen LogP contribution in [-0.2, 0) is 9.59 Å². The van der Waals surface area contributed by atoms with Crippen LogP contribution >= 0.6 is 0 Å². The van der Waals surface area contributed by atoms with Gasteiger partial charge in [-0.25, -0.2) is 0 Å². The second-order valence-electron chi connectivity index (χ2n) is 8.36. The molecule has 1 heterocycles. The number of carbonyl (C=O) groups excluding carboxylic acids is 1. The fourth-order valence-electron chi connectivity index (χ4n) is 2.89. The van der Waals surface area contributed by atoms with E-state index in [0.29, 0.717) is 6.54 Å². The van der Waals surface area contributed by atoms with Crippen LogP contribution in [0.5, 0.6) is 0 Å².